The second kappa shape index (κ2) is 9.12. The second-order valence-electron chi connectivity index (χ2n) is 8.59. The van der Waals surface area contributed by atoms with Crippen LogP contribution in [0.4, 0.5) is 0 Å². The molecule has 5 heterocycles. The van der Waals surface area contributed by atoms with Crippen molar-refractivity contribution in [3.05, 3.63) is 102 Å². The number of allylic oxidation sites excluding steroid dienone is 3. The van der Waals surface area contributed by atoms with Gasteiger partial charge in [-0.05, 0) is 41.9 Å². The van der Waals surface area contributed by atoms with E-state index in [0.29, 0.717) is 5.65 Å². The van der Waals surface area contributed by atoms with Gasteiger partial charge in [-0.15, -0.1) is 0 Å². The Morgan fingerprint density at radius 2 is 1.91 bits per heavy atom. The quantitative estimate of drug-likeness (QED) is 0.330. The van der Waals surface area contributed by atoms with Crippen molar-refractivity contribution < 1.29 is 0 Å². The Labute approximate surface area is 203 Å². The van der Waals surface area contributed by atoms with Crippen LogP contribution in [0.15, 0.2) is 79.5 Å². The van der Waals surface area contributed by atoms with Crippen molar-refractivity contribution in [1.29, 1.82) is 0 Å². The summed E-state index contributed by atoms with van der Waals surface area (Å²) >= 11 is 0. The van der Waals surface area contributed by atoms with Gasteiger partial charge in [-0.3, -0.25) is 15.1 Å². The molecule has 5 aromatic rings. The van der Waals surface area contributed by atoms with Gasteiger partial charge in [-0.2, -0.15) is 5.10 Å². The molecule has 0 unspecified atom stereocenters. The van der Waals surface area contributed by atoms with Gasteiger partial charge in [0.2, 0.25) is 0 Å². The molecule has 0 radical (unpaired) electrons. The summed E-state index contributed by atoms with van der Waals surface area (Å²) in [6, 6.07) is 10.6. The molecule has 0 spiro atoms. The van der Waals surface area contributed by atoms with Crippen molar-refractivity contribution in [2.24, 2.45) is 0 Å². The van der Waals surface area contributed by atoms with E-state index in [4.69, 9.17) is 0 Å². The van der Waals surface area contributed by atoms with Gasteiger partial charge in [-0.25, -0.2) is 4.98 Å². The van der Waals surface area contributed by atoms with Crippen LogP contribution in [-0.2, 0) is 13.0 Å². The van der Waals surface area contributed by atoms with Gasteiger partial charge in [0.25, 0.3) is 0 Å². The summed E-state index contributed by atoms with van der Waals surface area (Å²) in [5.74, 6) is 0. The predicted octanol–water partition coefficient (Wildman–Crippen LogP) is 5.06. The number of aromatic amines is 2. The second-order valence-corrected chi connectivity index (χ2v) is 8.59. The van der Waals surface area contributed by atoms with Gasteiger partial charge >= 0.3 is 0 Å². The molecule has 0 fully saturated rings. The highest BCUT2D eigenvalue weighted by Gasteiger charge is 2.19. The smallest absolute Gasteiger partial charge is 0.181 e. The van der Waals surface area contributed by atoms with Crippen LogP contribution >= 0.6 is 0 Å². The van der Waals surface area contributed by atoms with Gasteiger partial charge < -0.3 is 10.3 Å². The van der Waals surface area contributed by atoms with Crippen LogP contribution in [0.3, 0.4) is 0 Å². The van der Waals surface area contributed by atoms with E-state index < -0.39 is 0 Å². The first-order chi connectivity index (χ1) is 17.3. The maximum Gasteiger partial charge on any atom is 0.181 e. The summed E-state index contributed by atoms with van der Waals surface area (Å²) in [6.07, 6.45) is 16.6. The Hall–Kier alpha value is -4.36. The summed E-state index contributed by atoms with van der Waals surface area (Å²) in [6.45, 7) is 3.81. The van der Waals surface area contributed by atoms with Crippen LogP contribution in [0.2, 0.25) is 0 Å². The van der Waals surface area contributed by atoms with E-state index in [2.05, 4.69) is 84.9 Å². The van der Waals surface area contributed by atoms with E-state index in [1.807, 2.05) is 30.9 Å². The van der Waals surface area contributed by atoms with Gasteiger partial charge in [0, 0.05) is 77.3 Å². The lowest BCUT2D eigenvalue weighted by Gasteiger charge is -2.06. The molecule has 1 aliphatic carbocycles. The van der Waals surface area contributed by atoms with Crippen molar-refractivity contribution in [3.8, 4) is 22.5 Å². The fourth-order valence-corrected chi connectivity index (χ4v) is 4.52. The third kappa shape index (κ3) is 4.06. The Bertz CT molecular complexity index is 1560. The minimum Gasteiger partial charge on any atom is -0.356 e. The van der Waals surface area contributed by atoms with E-state index in [9.17, 15) is 0 Å². The topological polar surface area (TPSA) is 95.2 Å². The van der Waals surface area contributed by atoms with Crippen LogP contribution in [0.5, 0.6) is 0 Å². The number of pyridine rings is 3. The first-order valence-corrected chi connectivity index (χ1v) is 11.8. The minimum atomic E-state index is 0.688. The highest BCUT2D eigenvalue weighted by Crippen LogP contribution is 2.35. The molecule has 7 heteroatoms. The van der Waals surface area contributed by atoms with Crippen LogP contribution < -0.4 is 5.32 Å². The van der Waals surface area contributed by atoms with Crippen LogP contribution in [-0.4, -0.2) is 36.7 Å². The lowest BCUT2D eigenvalue weighted by atomic mass is 9.99. The molecule has 7 nitrogen and oxygen atoms in total. The molecule has 0 saturated carbocycles. The van der Waals surface area contributed by atoms with Crippen molar-refractivity contribution in [2.75, 3.05) is 6.54 Å². The number of hydrogen-bond donors (Lipinski definition) is 3. The zero-order valence-corrected chi connectivity index (χ0v) is 19.4. The zero-order chi connectivity index (χ0) is 23.6. The number of nitrogens with zero attached hydrogens (tertiary/aromatic N) is 4. The molecule has 172 valence electrons. The van der Waals surface area contributed by atoms with Gasteiger partial charge in [0.05, 0.1) is 11.4 Å². The van der Waals surface area contributed by atoms with Crippen LogP contribution in [0.25, 0.3) is 39.1 Å². The molecule has 0 bridgehead atoms. The largest absolute Gasteiger partial charge is 0.356 e. The van der Waals surface area contributed by atoms with Gasteiger partial charge in [0.15, 0.2) is 5.65 Å². The van der Waals surface area contributed by atoms with E-state index in [0.717, 1.165) is 69.8 Å². The fraction of sp³-hybridized carbons (Fsp3) is 0.143. The van der Waals surface area contributed by atoms with Gasteiger partial charge in [0.1, 0.15) is 0 Å². The highest BCUT2D eigenvalue weighted by molar-refractivity contribution is 5.94. The van der Waals surface area contributed by atoms with Crippen LogP contribution in [0, 0.1) is 0 Å². The highest BCUT2D eigenvalue weighted by atomic mass is 15.2. The molecule has 0 aliphatic heterocycles. The standard InChI is InChI=1S/C28H25N7/c1-2-29-13-18-10-20(16-31-14-18)21-11-24-27(34-35-28(24)32-17-21)26-12-23-22(19-6-5-9-30-15-19)7-3-4-8-25(23)33-26/h3-7,9-12,14-17,29,33H,2,8,13H2,1H3,(H,32,34,35). The summed E-state index contributed by atoms with van der Waals surface area (Å²) < 4.78 is 0. The van der Waals surface area contributed by atoms with Crippen molar-refractivity contribution in [1.82, 2.24) is 35.5 Å². The van der Waals surface area contributed by atoms with Crippen molar-refractivity contribution >= 4 is 16.6 Å². The SMILES string of the molecule is CCNCc1cncc(-c2cnc3n[nH]c(-c4cc5c([nH]4)CC=CC=C5c4cccnc4)c3c2)c1. The number of hydrogen-bond acceptors (Lipinski definition) is 5. The molecule has 6 rings (SSSR count). The Balaban J connectivity index is 1.41. The third-order valence-electron chi connectivity index (χ3n) is 6.27. The van der Waals surface area contributed by atoms with Crippen molar-refractivity contribution in [2.45, 2.75) is 19.9 Å². The summed E-state index contributed by atoms with van der Waals surface area (Å²) in [7, 11) is 0. The molecule has 1 aliphatic rings. The molecular weight excluding hydrogens is 434 g/mol. The van der Waals surface area contributed by atoms with Gasteiger partial charge in [-0.1, -0.05) is 31.2 Å². The molecule has 3 N–H and O–H groups in total. The summed E-state index contributed by atoms with van der Waals surface area (Å²) in [5, 5.41) is 12.0. The summed E-state index contributed by atoms with van der Waals surface area (Å²) in [5.41, 5.74) is 10.4. The normalized spacial score (nSPS) is 13.0. The Kier molecular flexibility index (Phi) is 5.52. The predicted molar refractivity (Wildman–Crippen MR) is 138 cm³/mol. The lowest BCUT2D eigenvalue weighted by Crippen LogP contribution is -2.11. The maximum atomic E-state index is 4.62. The Morgan fingerprint density at radius 1 is 1.00 bits per heavy atom. The number of H-pyrrole nitrogens is 2. The molecule has 0 atom stereocenters. The molecule has 0 aromatic carbocycles. The first kappa shape index (κ1) is 21.2. The molecule has 0 saturated heterocycles. The van der Waals surface area contributed by atoms with E-state index in [1.165, 1.54) is 5.56 Å². The lowest BCUT2D eigenvalue weighted by molar-refractivity contribution is 0.724. The molecule has 5 aromatic heterocycles. The average Bonchev–Trinajstić information content (AvgIpc) is 3.46. The zero-order valence-electron chi connectivity index (χ0n) is 19.4. The Morgan fingerprint density at radius 3 is 2.80 bits per heavy atom. The van der Waals surface area contributed by atoms with E-state index in [1.54, 1.807) is 6.20 Å². The molecule has 0 amide bonds. The van der Waals surface area contributed by atoms with Crippen molar-refractivity contribution in [3.63, 3.8) is 0 Å². The first-order valence-electron chi connectivity index (χ1n) is 11.8. The third-order valence-corrected chi connectivity index (χ3v) is 6.27. The fourth-order valence-electron chi connectivity index (χ4n) is 4.52. The molecule has 35 heavy (non-hydrogen) atoms. The maximum absolute atomic E-state index is 4.62. The van der Waals surface area contributed by atoms with Crippen LogP contribution in [0.1, 0.15) is 29.3 Å². The summed E-state index contributed by atoms with van der Waals surface area (Å²) in [4.78, 5) is 17.0. The number of nitrogens with one attached hydrogen (secondary N) is 3. The average molecular weight is 460 g/mol. The minimum absolute atomic E-state index is 0.688. The van der Waals surface area contributed by atoms with E-state index >= 15 is 0 Å². The monoisotopic (exact) mass is 459 g/mol. The van der Waals surface area contributed by atoms with E-state index in [-0.39, 0.29) is 0 Å². The number of fused-ring (bicyclic) bond motifs is 2. The molecular formula is C28H25N7. The number of rotatable bonds is 6. The number of aromatic nitrogens is 6.